The number of pyridine rings is 1. The van der Waals surface area contributed by atoms with Gasteiger partial charge in [-0.2, -0.15) is 0 Å². The molecule has 2 aromatic heterocycles. The summed E-state index contributed by atoms with van der Waals surface area (Å²) in [6, 6.07) is 14.2. The average Bonchev–Trinajstić information content (AvgIpc) is 2.69. The van der Waals surface area contributed by atoms with Crippen molar-refractivity contribution in [3.8, 4) is 5.88 Å². The van der Waals surface area contributed by atoms with Crippen LogP contribution in [-0.4, -0.2) is 36.5 Å². The number of anilines is 1. The maximum Gasteiger partial charge on any atom is 0.263 e. The number of benzene rings is 1. The average molecular weight is 384 g/mol. The van der Waals surface area contributed by atoms with Crippen LogP contribution in [0.4, 0.5) is 11.5 Å². The van der Waals surface area contributed by atoms with Gasteiger partial charge in [-0.3, -0.25) is 9.71 Å². The molecule has 0 amide bonds. The Hall–Kier alpha value is -3.53. The lowest BCUT2D eigenvalue weighted by atomic mass is 10.3. The molecular weight excluding hydrogens is 368 g/mol. The van der Waals surface area contributed by atoms with E-state index in [1.165, 1.54) is 31.4 Å². The van der Waals surface area contributed by atoms with Crippen LogP contribution in [0.25, 0.3) is 0 Å². The van der Waals surface area contributed by atoms with Crippen LogP contribution in [0.2, 0.25) is 0 Å². The van der Waals surface area contributed by atoms with E-state index in [9.17, 15) is 8.42 Å². The molecule has 3 N–H and O–H groups in total. The first-order valence-corrected chi connectivity index (χ1v) is 9.22. The largest absolute Gasteiger partial charge is 0.480 e. The third-order valence-electron chi connectivity index (χ3n) is 3.41. The van der Waals surface area contributed by atoms with Crippen molar-refractivity contribution in [3.05, 3.63) is 66.5 Å². The van der Waals surface area contributed by atoms with Crippen molar-refractivity contribution < 1.29 is 13.2 Å². The Morgan fingerprint density at radius 3 is 2.44 bits per heavy atom. The van der Waals surface area contributed by atoms with E-state index in [-0.39, 0.29) is 22.4 Å². The van der Waals surface area contributed by atoms with Crippen molar-refractivity contribution in [3.63, 3.8) is 0 Å². The van der Waals surface area contributed by atoms with Gasteiger partial charge in [0.15, 0.2) is 5.82 Å². The molecule has 0 saturated carbocycles. The van der Waals surface area contributed by atoms with Crippen LogP contribution < -0.4 is 15.2 Å². The zero-order valence-electron chi connectivity index (χ0n) is 14.3. The predicted octanol–water partition coefficient (Wildman–Crippen LogP) is 1.72. The van der Waals surface area contributed by atoms with Gasteiger partial charge in [-0.15, -0.1) is 10.2 Å². The van der Waals surface area contributed by atoms with Gasteiger partial charge in [-0.25, -0.2) is 13.4 Å². The number of amidine groups is 1. The highest BCUT2D eigenvalue weighted by Crippen LogP contribution is 2.19. The number of nitrogens with one attached hydrogen (secondary N) is 1. The molecule has 0 saturated heterocycles. The Morgan fingerprint density at radius 1 is 1.07 bits per heavy atom. The first-order valence-electron chi connectivity index (χ1n) is 7.74. The summed E-state index contributed by atoms with van der Waals surface area (Å²) in [5, 5.41) is 7.45. The molecule has 0 atom stereocenters. The summed E-state index contributed by atoms with van der Waals surface area (Å²) >= 11 is 0. The van der Waals surface area contributed by atoms with E-state index in [1.807, 2.05) is 0 Å². The molecule has 27 heavy (non-hydrogen) atoms. The molecule has 3 aromatic rings. The Balaban J connectivity index is 1.77. The van der Waals surface area contributed by atoms with Crippen molar-refractivity contribution in [2.24, 2.45) is 10.7 Å². The summed E-state index contributed by atoms with van der Waals surface area (Å²) in [4.78, 5) is 8.39. The van der Waals surface area contributed by atoms with E-state index in [1.54, 1.807) is 36.5 Å². The minimum Gasteiger partial charge on any atom is -0.480 e. The first-order chi connectivity index (χ1) is 13.0. The number of aromatic nitrogens is 3. The fourth-order valence-corrected chi connectivity index (χ4v) is 3.09. The number of hydrogen-bond donors (Lipinski definition) is 2. The van der Waals surface area contributed by atoms with Crippen molar-refractivity contribution in [2.45, 2.75) is 4.90 Å². The molecule has 0 bridgehead atoms. The van der Waals surface area contributed by atoms with E-state index in [4.69, 9.17) is 10.5 Å². The lowest BCUT2D eigenvalue weighted by molar-refractivity contribution is 0.392. The number of aliphatic imine (C=N–C) groups is 1. The van der Waals surface area contributed by atoms with Gasteiger partial charge >= 0.3 is 0 Å². The fourth-order valence-electron chi connectivity index (χ4n) is 2.09. The monoisotopic (exact) mass is 384 g/mol. The summed E-state index contributed by atoms with van der Waals surface area (Å²) in [6.45, 7) is 0. The van der Waals surface area contributed by atoms with Crippen molar-refractivity contribution in [2.75, 3.05) is 11.8 Å². The number of hydrogen-bond acceptors (Lipinski definition) is 7. The van der Waals surface area contributed by atoms with Crippen LogP contribution in [0.5, 0.6) is 5.88 Å². The molecule has 0 fully saturated rings. The number of methoxy groups -OCH3 is 1. The van der Waals surface area contributed by atoms with E-state index >= 15 is 0 Å². The van der Waals surface area contributed by atoms with Gasteiger partial charge in [-0.05, 0) is 42.5 Å². The highest BCUT2D eigenvalue weighted by molar-refractivity contribution is 7.92. The van der Waals surface area contributed by atoms with E-state index < -0.39 is 10.0 Å². The van der Waals surface area contributed by atoms with E-state index in [2.05, 4.69) is 24.9 Å². The second kappa shape index (κ2) is 7.79. The molecule has 0 aliphatic heterocycles. The minimum absolute atomic E-state index is 0.0514. The van der Waals surface area contributed by atoms with Crippen LogP contribution in [0.1, 0.15) is 5.69 Å². The first kappa shape index (κ1) is 18.3. The van der Waals surface area contributed by atoms with Crippen LogP contribution in [0.15, 0.2) is 70.7 Å². The standard InChI is InChI=1S/C17H16N6O3S/c1-26-16-10-9-15(21-22-16)23-27(24,25)13-7-5-12(6-8-13)20-17(18)14-4-2-3-11-19-14/h2-11H,1H3,(H2,18,20)(H,21,23). The van der Waals surface area contributed by atoms with Gasteiger partial charge in [0.2, 0.25) is 5.88 Å². The third kappa shape index (κ3) is 4.55. The van der Waals surface area contributed by atoms with Gasteiger partial charge in [-0.1, -0.05) is 6.07 Å². The SMILES string of the molecule is COc1ccc(NS(=O)(=O)c2ccc(N=C(N)c3ccccn3)cc2)nn1. The van der Waals surface area contributed by atoms with Gasteiger partial charge in [0, 0.05) is 12.3 Å². The molecule has 2 heterocycles. The third-order valence-corrected chi connectivity index (χ3v) is 4.78. The molecule has 9 nitrogen and oxygen atoms in total. The number of sulfonamides is 1. The Bertz CT molecular complexity index is 1040. The summed E-state index contributed by atoms with van der Waals surface area (Å²) in [7, 11) is -2.37. The second-order valence-corrected chi connectivity index (χ2v) is 6.95. The summed E-state index contributed by atoms with van der Waals surface area (Å²) < 4.78 is 32.1. The zero-order chi connectivity index (χ0) is 19.3. The normalized spacial score (nSPS) is 11.8. The summed E-state index contributed by atoms with van der Waals surface area (Å²) in [5.74, 6) is 0.598. The highest BCUT2D eigenvalue weighted by atomic mass is 32.2. The maximum absolute atomic E-state index is 12.4. The van der Waals surface area contributed by atoms with Crippen LogP contribution in [0.3, 0.4) is 0 Å². The van der Waals surface area contributed by atoms with Crippen molar-refractivity contribution in [1.82, 2.24) is 15.2 Å². The van der Waals surface area contributed by atoms with Gasteiger partial charge < -0.3 is 10.5 Å². The lowest BCUT2D eigenvalue weighted by Crippen LogP contribution is -2.15. The van der Waals surface area contributed by atoms with Gasteiger partial charge in [0.05, 0.1) is 17.7 Å². The summed E-state index contributed by atoms with van der Waals surface area (Å²) in [6.07, 6.45) is 1.61. The van der Waals surface area contributed by atoms with Crippen molar-refractivity contribution in [1.29, 1.82) is 0 Å². The van der Waals surface area contributed by atoms with Crippen molar-refractivity contribution >= 4 is 27.4 Å². The van der Waals surface area contributed by atoms with Crippen LogP contribution in [-0.2, 0) is 10.0 Å². The number of nitrogens with zero attached hydrogens (tertiary/aromatic N) is 4. The Kier molecular flexibility index (Phi) is 5.27. The topological polar surface area (TPSA) is 132 Å². The predicted molar refractivity (Wildman–Crippen MR) is 100 cm³/mol. The van der Waals surface area contributed by atoms with E-state index in [0.29, 0.717) is 11.4 Å². The van der Waals surface area contributed by atoms with E-state index in [0.717, 1.165) is 0 Å². The number of ether oxygens (including phenoxy) is 1. The smallest absolute Gasteiger partial charge is 0.263 e. The minimum atomic E-state index is -3.82. The molecule has 0 unspecified atom stereocenters. The Labute approximate surface area is 156 Å². The molecule has 3 rings (SSSR count). The molecule has 10 heteroatoms. The van der Waals surface area contributed by atoms with Crippen LogP contribution >= 0.6 is 0 Å². The zero-order valence-corrected chi connectivity index (χ0v) is 15.1. The molecule has 0 aliphatic rings. The fraction of sp³-hybridized carbons (Fsp3) is 0.0588. The van der Waals surface area contributed by atoms with Gasteiger partial charge in [0.1, 0.15) is 11.5 Å². The molecule has 1 aromatic carbocycles. The summed E-state index contributed by atoms with van der Waals surface area (Å²) in [5.41, 5.74) is 6.95. The maximum atomic E-state index is 12.4. The van der Waals surface area contributed by atoms with Gasteiger partial charge in [0.25, 0.3) is 10.0 Å². The lowest BCUT2D eigenvalue weighted by Gasteiger charge is -2.07. The molecule has 138 valence electrons. The highest BCUT2D eigenvalue weighted by Gasteiger charge is 2.15. The quantitative estimate of drug-likeness (QED) is 0.488. The molecule has 0 spiro atoms. The number of nitrogens with two attached hydrogens (primary N) is 1. The number of rotatable bonds is 6. The molecular formula is C17H16N6O3S. The van der Waals surface area contributed by atoms with Crippen LogP contribution in [0, 0.1) is 0 Å². The molecule has 0 aliphatic carbocycles. The second-order valence-electron chi connectivity index (χ2n) is 5.27. The Morgan fingerprint density at radius 2 is 1.85 bits per heavy atom. The molecule has 0 radical (unpaired) electrons.